The number of nitriles is 1. The number of aromatic nitrogens is 3. The summed E-state index contributed by atoms with van der Waals surface area (Å²) in [6, 6.07) is 14.3. The number of carbonyl (C=O) groups is 1. The number of nitrogen functional groups attached to an aromatic ring is 1. The van der Waals surface area contributed by atoms with Crippen molar-refractivity contribution in [3.05, 3.63) is 60.0 Å². The van der Waals surface area contributed by atoms with Crippen LogP contribution in [0.5, 0.6) is 0 Å². The molecular formula is C24H26N6O5. The molecule has 4 heterocycles. The van der Waals surface area contributed by atoms with Crippen LogP contribution in [-0.4, -0.2) is 51.5 Å². The lowest BCUT2D eigenvalue weighted by molar-refractivity contribution is -0.172. The van der Waals surface area contributed by atoms with Crippen molar-refractivity contribution in [3.8, 4) is 6.07 Å². The summed E-state index contributed by atoms with van der Waals surface area (Å²) in [5.74, 6) is -0.390. The van der Waals surface area contributed by atoms with Gasteiger partial charge in [-0.25, -0.2) is 9.50 Å². The van der Waals surface area contributed by atoms with Crippen molar-refractivity contribution in [3.63, 3.8) is 0 Å². The number of carbonyl (C=O) groups excluding carboxylic acids is 1. The number of ether oxygens (including phenoxy) is 4. The van der Waals surface area contributed by atoms with Crippen LogP contribution in [0, 0.1) is 17.2 Å². The van der Waals surface area contributed by atoms with E-state index in [2.05, 4.69) is 16.2 Å². The summed E-state index contributed by atoms with van der Waals surface area (Å²) in [6.45, 7) is 3.51. The molecule has 2 aromatic heterocycles. The lowest BCUT2D eigenvalue weighted by atomic mass is 9.92. The maximum Gasteiger partial charge on any atom is 0.323 e. The Morgan fingerprint density at radius 3 is 2.74 bits per heavy atom. The molecule has 4 N–H and O–H groups in total. The molecule has 2 aliphatic heterocycles. The van der Waals surface area contributed by atoms with Crippen LogP contribution in [-0.2, 0) is 29.3 Å². The smallest absolute Gasteiger partial charge is 0.323 e. The van der Waals surface area contributed by atoms with Crippen LogP contribution in [0.1, 0.15) is 31.4 Å². The van der Waals surface area contributed by atoms with Gasteiger partial charge in [-0.15, -0.1) is 0 Å². The summed E-state index contributed by atoms with van der Waals surface area (Å²) in [7, 11) is 0. The molecule has 0 saturated carbocycles. The van der Waals surface area contributed by atoms with E-state index in [1.165, 1.54) is 10.8 Å². The van der Waals surface area contributed by atoms with E-state index in [-0.39, 0.29) is 18.3 Å². The van der Waals surface area contributed by atoms with Crippen LogP contribution >= 0.6 is 0 Å². The van der Waals surface area contributed by atoms with Crippen LogP contribution in [0.3, 0.4) is 0 Å². The normalized spacial score (nSPS) is 28.7. The Hall–Kier alpha value is -3.56. The van der Waals surface area contributed by atoms with Gasteiger partial charge in [0.05, 0.1) is 5.69 Å². The largest absolute Gasteiger partial charge is 0.462 e. The van der Waals surface area contributed by atoms with Gasteiger partial charge in [-0.3, -0.25) is 4.79 Å². The Morgan fingerprint density at radius 1 is 1.26 bits per heavy atom. The molecule has 0 spiro atoms. The van der Waals surface area contributed by atoms with E-state index in [0.717, 1.165) is 5.56 Å². The van der Waals surface area contributed by atoms with Gasteiger partial charge in [-0.1, -0.05) is 44.2 Å². The van der Waals surface area contributed by atoms with E-state index in [0.29, 0.717) is 11.2 Å². The zero-order valence-corrected chi connectivity index (χ0v) is 19.3. The minimum Gasteiger partial charge on any atom is -0.462 e. The third kappa shape index (κ3) is 3.81. The maximum atomic E-state index is 12.4. The Balaban J connectivity index is 1.51. The molecular weight excluding hydrogens is 452 g/mol. The summed E-state index contributed by atoms with van der Waals surface area (Å²) in [5, 5.41) is 14.7. The molecule has 3 aromatic rings. The molecule has 11 nitrogen and oxygen atoms in total. The first-order valence-corrected chi connectivity index (χ1v) is 11.3. The van der Waals surface area contributed by atoms with Gasteiger partial charge in [-0.2, -0.15) is 10.4 Å². The van der Waals surface area contributed by atoms with Crippen molar-refractivity contribution in [2.24, 2.45) is 11.7 Å². The molecule has 0 aliphatic carbocycles. The number of hydrogen-bond acceptors (Lipinski definition) is 10. The third-order valence-corrected chi connectivity index (χ3v) is 6.43. The molecule has 5 rings (SSSR count). The van der Waals surface area contributed by atoms with Crippen molar-refractivity contribution in [1.82, 2.24) is 14.6 Å². The van der Waals surface area contributed by atoms with Crippen LogP contribution in [0.15, 0.2) is 48.8 Å². The van der Waals surface area contributed by atoms with Crippen molar-refractivity contribution >= 4 is 17.3 Å². The van der Waals surface area contributed by atoms with Crippen molar-refractivity contribution in [2.75, 3.05) is 12.3 Å². The number of hydrogen-bond donors (Lipinski definition) is 2. The predicted octanol–water partition coefficient (Wildman–Crippen LogP) is 1.44. The van der Waals surface area contributed by atoms with Crippen LogP contribution in [0.4, 0.5) is 5.82 Å². The molecule has 6 atom stereocenters. The van der Waals surface area contributed by atoms with Crippen molar-refractivity contribution in [2.45, 2.75) is 50.1 Å². The molecule has 2 fully saturated rings. The Morgan fingerprint density at radius 2 is 2.03 bits per heavy atom. The fraction of sp³-hybridized carbons (Fsp3) is 0.417. The Bertz CT molecular complexity index is 1270. The van der Waals surface area contributed by atoms with Gasteiger partial charge >= 0.3 is 5.97 Å². The highest BCUT2D eigenvalue weighted by Gasteiger charge is 2.64. The van der Waals surface area contributed by atoms with Gasteiger partial charge in [0, 0.05) is 5.56 Å². The van der Waals surface area contributed by atoms with E-state index in [1.54, 1.807) is 12.1 Å². The number of anilines is 1. The molecule has 0 amide bonds. The first kappa shape index (κ1) is 23.2. The summed E-state index contributed by atoms with van der Waals surface area (Å²) in [6.07, 6.45) is -1.76. The average molecular weight is 479 g/mol. The SMILES string of the molecule is CC(C)[C@H](N)C(=O)OC[C@H]1O[C@@](C#N)(c2ccc3c(N)ncnn23)[C@@H]2OC(c3ccccc3)O[C@@H]21. The minimum absolute atomic E-state index is 0.0938. The number of rotatable bonds is 6. The number of benzene rings is 1. The minimum atomic E-state index is -1.61. The molecule has 2 saturated heterocycles. The Kier molecular flexibility index (Phi) is 5.90. The molecule has 1 unspecified atom stereocenters. The number of esters is 1. The lowest BCUT2D eigenvalue weighted by Crippen LogP contribution is -2.40. The predicted molar refractivity (Wildman–Crippen MR) is 122 cm³/mol. The molecule has 0 bridgehead atoms. The second-order valence-corrected chi connectivity index (χ2v) is 8.96. The molecule has 0 radical (unpaired) electrons. The Labute approximate surface area is 201 Å². The molecule has 2 aliphatic rings. The summed E-state index contributed by atoms with van der Waals surface area (Å²) in [4.78, 5) is 16.4. The van der Waals surface area contributed by atoms with Crippen LogP contribution < -0.4 is 11.5 Å². The second-order valence-electron chi connectivity index (χ2n) is 8.96. The van der Waals surface area contributed by atoms with Crippen molar-refractivity contribution in [1.29, 1.82) is 5.26 Å². The van der Waals surface area contributed by atoms with Gasteiger partial charge in [0.15, 0.2) is 12.1 Å². The lowest BCUT2D eigenvalue weighted by Gasteiger charge is -2.27. The monoisotopic (exact) mass is 478 g/mol. The first-order chi connectivity index (χ1) is 16.9. The van der Waals surface area contributed by atoms with E-state index in [4.69, 9.17) is 30.4 Å². The van der Waals surface area contributed by atoms with Gasteiger partial charge in [-0.05, 0) is 18.1 Å². The average Bonchev–Trinajstić information content (AvgIpc) is 3.57. The van der Waals surface area contributed by atoms with Crippen LogP contribution in [0.25, 0.3) is 5.52 Å². The van der Waals surface area contributed by atoms with Gasteiger partial charge in [0.2, 0.25) is 5.60 Å². The maximum absolute atomic E-state index is 12.4. The summed E-state index contributed by atoms with van der Waals surface area (Å²) in [5.41, 5.74) is 12.0. The fourth-order valence-electron chi connectivity index (χ4n) is 4.46. The highest BCUT2D eigenvalue weighted by molar-refractivity contribution is 5.75. The molecule has 182 valence electrons. The van der Waals surface area contributed by atoms with Crippen molar-refractivity contribution < 1.29 is 23.7 Å². The number of nitrogens with two attached hydrogens (primary N) is 2. The molecule has 11 heteroatoms. The highest BCUT2D eigenvalue weighted by Crippen LogP contribution is 2.50. The third-order valence-electron chi connectivity index (χ3n) is 6.43. The molecule has 1 aromatic carbocycles. The van der Waals surface area contributed by atoms with E-state index in [1.807, 2.05) is 44.2 Å². The first-order valence-electron chi connectivity index (χ1n) is 11.3. The van der Waals surface area contributed by atoms with Gasteiger partial charge in [0.1, 0.15) is 48.9 Å². The van der Waals surface area contributed by atoms with Gasteiger partial charge in [0.25, 0.3) is 0 Å². The van der Waals surface area contributed by atoms with E-state index >= 15 is 0 Å². The van der Waals surface area contributed by atoms with Gasteiger partial charge < -0.3 is 30.4 Å². The van der Waals surface area contributed by atoms with E-state index in [9.17, 15) is 10.1 Å². The highest BCUT2D eigenvalue weighted by atomic mass is 16.8. The zero-order chi connectivity index (χ0) is 24.7. The fourth-order valence-corrected chi connectivity index (χ4v) is 4.46. The summed E-state index contributed by atoms with van der Waals surface area (Å²) < 4.78 is 25.8. The number of nitrogens with zero attached hydrogens (tertiary/aromatic N) is 4. The van der Waals surface area contributed by atoms with E-state index < -0.39 is 42.2 Å². The topological polar surface area (TPSA) is 160 Å². The summed E-state index contributed by atoms with van der Waals surface area (Å²) >= 11 is 0. The zero-order valence-electron chi connectivity index (χ0n) is 19.3. The van der Waals surface area contributed by atoms with Crippen LogP contribution in [0.2, 0.25) is 0 Å². The standard InChI is InChI=1S/C24H26N6O5/c1-13(2)18(26)22(31)32-10-16-19-20(34-23(33-19)14-6-4-3-5-7-14)24(11-25,35-16)17-9-8-15-21(27)28-12-29-30(15)17/h3-9,12-13,16,18-20,23H,10,26H2,1-2H3,(H2,27,28,29)/t16-,18+,19-,20-,23?,24+/m1/s1. The quantitative estimate of drug-likeness (QED) is 0.496. The second kappa shape index (κ2) is 8.90. The molecule has 35 heavy (non-hydrogen) atoms. The number of fused-ring (bicyclic) bond motifs is 2.